The molecular weight excluding hydrogens is 278 g/mol. The van der Waals surface area contributed by atoms with Crippen LogP contribution in [0.1, 0.15) is 16.1 Å². The molecule has 5 heteroatoms. The van der Waals surface area contributed by atoms with Crippen molar-refractivity contribution in [3.05, 3.63) is 46.5 Å². The van der Waals surface area contributed by atoms with Gasteiger partial charge in [-0.2, -0.15) is 0 Å². The molecule has 0 saturated carbocycles. The molecule has 0 N–H and O–H groups in total. The van der Waals surface area contributed by atoms with E-state index >= 15 is 0 Å². The Labute approximate surface area is 121 Å². The van der Waals surface area contributed by atoms with Crippen molar-refractivity contribution in [2.75, 3.05) is 7.11 Å². The van der Waals surface area contributed by atoms with E-state index < -0.39 is 0 Å². The molecule has 1 aromatic carbocycles. The van der Waals surface area contributed by atoms with Crippen LogP contribution in [-0.2, 0) is 21.7 Å². The molecule has 0 fully saturated rings. The first-order valence-corrected chi connectivity index (χ1v) is 7.69. The molecule has 0 unspecified atom stereocenters. The lowest BCUT2D eigenvalue weighted by atomic mass is 10.2. The van der Waals surface area contributed by atoms with Crippen LogP contribution in [-0.4, -0.2) is 18.1 Å². The molecule has 1 heterocycles. The highest BCUT2D eigenvalue weighted by molar-refractivity contribution is 8.00. The monoisotopic (exact) mass is 293 g/mol. The summed E-state index contributed by atoms with van der Waals surface area (Å²) in [5.74, 6) is 0.678. The number of nitrogens with zero attached hydrogens (tertiary/aromatic N) is 1. The Bertz CT molecular complexity index is 552. The molecule has 1 aromatic heterocycles. The fraction of sp³-hybridized carbons (Fsp3) is 0.286. The predicted octanol–water partition coefficient (Wildman–Crippen LogP) is 3.46. The zero-order valence-corrected chi connectivity index (χ0v) is 12.5. The van der Waals surface area contributed by atoms with Crippen LogP contribution in [0, 0.1) is 6.92 Å². The van der Waals surface area contributed by atoms with Crippen molar-refractivity contribution in [3.63, 3.8) is 0 Å². The summed E-state index contributed by atoms with van der Waals surface area (Å²) in [6.45, 7) is 1.93. The highest BCUT2D eigenvalue weighted by Gasteiger charge is 2.12. The number of hydrogen-bond acceptors (Lipinski definition) is 5. The van der Waals surface area contributed by atoms with Crippen molar-refractivity contribution in [3.8, 4) is 0 Å². The van der Waals surface area contributed by atoms with Gasteiger partial charge in [0, 0.05) is 10.6 Å². The van der Waals surface area contributed by atoms with Crippen LogP contribution in [0.4, 0.5) is 0 Å². The molecule has 0 bridgehead atoms. The van der Waals surface area contributed by atoms with Crippen molar-refractivity contribution in [1.82, 2.24) is 4.98 Å². The number of benzene rings is 1. The van der Waals surface area contributed by atoms with Crippen molar-refractivity contribution >= 4 is 29.1 Å². The van der Waals surface area contributed by atoms with Crippen molar-refractivity contribution < 1.29 is 9.53 Å². The predicted molar refractivity (Wildman–Crippen MR) is 78.6 cm³/mol. The van der Waals surface area contributed by atoms with Crippen LogP contribution in [0.3, 0.4) is 0 Å². The van der Waals surface area contributed by atoms with Gasteiger partial charge in [0.2, 0.25) is 0 Å². The number of methoxy groups -OCH3 is 1. The number of ether oxygens (including phenoxy) is 1. The summed E-state index contributed by atoms with van der Waals surface area (Å²) in [7, 11) is 1.41. The Morgan fingerprint density at radius 3 is 2.79 bits per heavy atom. The fourth-order valence-electron chi connectivity index (χ4n) is 1.55. The second-order valence-corrected chi connectivity index (χ2v) is 6.32. The third kappa shape index (κ3) is 4.08. The summed E-state index contributed by atoms with van der Waals surface area (Å²) in [6, 6.07) is 10.3. The van der Waals surface area contributed by atoms with Crippen LogP contribution < -0.4 is 0 Å². The van der Waals surface area contributed by atoms with Crippen LogP contribution in [0.5, 0.6) is 0 Å². The summed E-state index contributed by atoms with van der Waals surface area (Å²) in [5, 5.41) is 0. The Morgan fingerprint density at radius 1 is 1.37 bits per heavy atom. The molecule has 0 atom stereocenters. The third-order valence-electron chi connectivity index (χ3n) is 2.61. The largest absolute Gasteiger partial charge is 0.469 e. The van der Waals surface area contributed by atoms with E-state index in [-0.39, 0.29) is 5.97 Å². The topological polar surface area (TPSA) is 39.2 Å². The summed E-state index contributed by atoms with van der Waals surface area (Å²) < 4.78 is 5.68. The van der Waals surface area contributed by atoms with E-state index in [9.17, 15) is 4.79 Å². The van der Waals surface area contributed by atoms with E-state index in [1.165, 1.54) is 12.7 Å². The molecule has 0 saturated heterocycles. The van der Waals surface area contributed by atoms with Crippen molar-refractivity contribution in [1.29, 1.82) is 0 Å². The minimum absolute atomic E-state index is 0.216. The molecule has 0 amide bonds. The molecule has 0 aliphatic carbocycles. The number of thioether (sulfide) groups is 1. The van der Waals surface area contributed by atoms with E-state index in [1.54, 1.807) is 23.1 Å². The molecule has 3 nitrogen and oxygen atoms in total. The molecule has 0 spiro atoms. The second kappa shape index (κ2) is 6.73. The average molecular weight is 293 g/mol. The lowest BCUT2D eigenvalue weighted by molar-refractivity contribution is -0.139. The number of aromatic nitrogens is 1. The van der Waals surface area contributed by atoms with Gasteiger partial charge in [0.15, 0.2) is 4.34 Å². The summed E-state index contributed by atoms with van der Waals surface area (Å²) in [4.78, 5) is 16.7. The van der Waals surface area contributed by atoms with E-state index in [0.29, 0.717) is 6.42 Å². The summed E-state index contributed by atoms with van der Waals surface area (Å²) >= 11 is 3.27. The second-order valence-electron chi connectivity index (χ2n) is 4.02. The smallest absolute Gasteiger partial charge is 0.310 e. The highest BCUT2D eigenvalue weighted by Crippen LogP contribution is 2.29. The lowest BCUT2D eigenvalue weighted by Crippen LogP contribution is -2.03. The number of aryl methyl sites for hydroxylation is 1. The summed E-state index contributed by atoms with van der Waals surface area (Å²) in [6.07, 6.45) is 0.311. The normalized spacial score (nSPS) is 10.4. The van der Waals surface area contributed by atoms with Gasteiger partial charge < -0.3 is 4.74 Å². The number of hydrogen-bond donors (Lipinski definition) is 0. The van der Waals surface area contributed by atoms with Gasteiger partial charge in [0.25, 0.3) is 0 Å². The number of esters is 1. The quantitative estimate of drug-likeness (QED) is 0.625. The number of rotatable bonds is 5. The first-order chi connectivity index (χ1) is 9.19. The van der Waals surface area contributed by atoms with E-state index in [1.807, 2.05) is 25.1 Å². The average Bonchev–Trinajstić information content (AvgIpc) is 2.78. The molecule has 19 heavy (non-hydrogen) atoms. The number of carbonyl (C=O) groups excluding carboxylic acids is 1. The molecule has 0 aliphatic rings. The Hall–Kier alpha value is -1.33. The number of thiazole rings is 1. The molecule has 2 aromatic rings. The fourth-order valence-corrected chi connectivity index (χ4v) is 3.72. The maximum Gasteiger partial charge on any atom is 0.310 e. The van der Waals surface area contributed by atoms with E-state index in [2.05, 4.69) is 21.9 Å². The van der Waals surface area contributed by atoms with E-state index in [4.69, 9.17) is 0 Å². The third-order valence-corrected chi connectivity index (χ3v) is 4.98. The Morgan fingerprint density at radius 2 is 2.11 bits per heavy atom. The minimum Gasteiger partial charge on any atom is -0.469 e. The van der Waals surface area contributed by atoms with Gasteiger partial charge in [0.05, 0.1) is 19.2 Å². The van der Waals surface area contributed by atoms with Gasteiger partial charge in [-0.1, -0.05) is 42.1 Å². The number of carbonyl (C=O) groups is 1. The highest BCUT2D eigenvalue weighted by atomic mass is 32.2. The molecular formula is C14H15NO2S2. The van der Waals surface area contributed by atoms with Gasteiger partial charge in [-0.15, -0.1) is 11.3 Å². The lowest BCUT2D eigenvalue weighted by Gasteiger charge is -1.97. The molecule has 100 valence electrons. The standard InChI is InChI=1S/C14H15NO2S2/c1-10-12(8-13(16)17-2)19-14(15-10)18-9-11-6-4-3-5-7-11/h3-7H,8-9H2,1-2H3. The van der Waals surface area contributed by atoms with Gasteiger partial charge in [-0.3, -0.25) is 4.79 Å². The molecule has 0 radical (unpaired) electrons. The maximum atomic E-state index is 11.3. The van der Waals surface area contributed by atoms with Crippen LogP contribution in [0.2, 0.25) is 0 Å². The first-order valence-electron chi connectivity index (χ1n) is 5.89. The van der Waals surface area contributed by atoms with Gasteiger partial charge in [-0.05, 0) is 12.5 Å². The molecule has 0 aliphatic heterocycles. The van der Waals surface area contributed by atoms with Crippen LogP contribution >= 0.6 is 23.1 Å². The Balaban J connectivity index is 1.98. The minimum atomic E-state index is -0.216. The van der Waals surface area contributed by atoms with Crippen LogP contribution in [0.15, 0.2) is 34.7 Å². The van der Waals surface area contributed by atoms with Gasteiger partial charge in [0.1, 0.15) is 0 Å². The molecule has 2 rings (SSSR count). The van der Waals surface area contributed by atoms with Gasteiger partial charge in [-0.25, -0.2) is 4.98 Å². The zero-order valence-electron chi connectivity index (χ0n) is 10.9. The van der Waals surface area contributed by atoms with Crippen molar-refractivity contribution in [2.45, 2.75) is 23.4 Å². The van der Waals surface area contributed by atoms with Crippen LogP contribution in [0.25, 0.3) is 0 Å². The van der Waals surface area contributed by atoms with E-state index in [0.717, 1.165) is 20.7 Å². The van der Waals surface area contributed by atoms with Crippen molar-refractivity contribution in [2.24, 2.45) is 0 Å². The Kier molecular flexibility index (Phi) is 4.99. The maximum absolute atomic E-state index is 11.3. The SMILES string of the molecule is COC(=O)Cc1sc(SCc2ccccc2)nc1C. The summed E-state index contributed by atoms with van der Waals surface area (Å²) in [5.41, 5.74) is 2.20. The first kappa shape index (κ1) is 14.1. The zero-order chi connectivity index (χ0) is 13.7. The van der Waals surface area contributed by atoms with Gasteiger partial charge >= 0.3 is 5.97 Å².